The first-order valence-corrected chi connectivity index (χ1v) is 5.24. The monoisotopic (exact) mass is 247 g/mol. The lowest BCUT2D eigenvalue weighted by molar-refractivity contribution is 0.0691. The van der Waals surface area contributed by atoms with Gasteiger partial charge in [0.2, 0.25) is 0 Å². The van der Waals surface area contributed by atoms with Gasteiger partial charge < -0.3 is 9.67 Å². The number of carboxylic acids is 1. The Hall–Kier alpha value is -2.43. The van der Waals surface area contributed by atoms with Crippen molar-refractivity contribution in [1.29, 1.82) is 0 Å². The van der Waals surface area contributed by atoms with Crippen LogP contribution in [0.25, 0.3) is 0 Å². The van der Waals surface area contributed by atoms with E-state index in [2.05, 4.69) is 0 Å². The maximum Gasteiger partial charge on any atom is 0.338 e. The van der Waals surface area contributed by atoms with Crippen LogP contribution in [-0.2, 0) is 6.54 Å². The first-order chi connectivity index (χ1) is 8.56. The lowest BCUT2D eigenvalue weighted by Gasteiger charge is -2.07. The second-order valence-electron chi connectivity index (χ2n) is 3.83. The minimum absolute atomic E-state index is 0.100. The van der Waals surface area contributed by atoms with E-state index in [4.69, 9.17) is 5.11 Å². The lowest BCUT2D eigenvalue weighted by Crippen LogP contribution is -2.07. The zero-order valence-electron chi connectivity index (χ0n) is 9.34. The number of carbonyl (C=O) groups is 1. The molecule has 0 aliphatic heterocycles. The molecule has 1 N–H and O–H groups in total. The van der Waals surface area contributed by atoms with E-state index in [-0.39, 0.29) is 11.0 Å². The van der Waals surface area contributed by atoms with Gasteiger partial charge in [-0.1, -0.05) is 6.07 Å². The van der Waals surface area contributed by atoms with Crippen LogP contribution in [0.2, 0.25) is 0 Å². The highest BCUT2D eigenvalue weighted by atomic mass is 19.1. The Kier molecular flexibility index (Phi) is 3.23. The van der Waals surface area contributed by atoms with Crippen molar-refractivity contribution in [1.82, 2.24) is 4.57 Å². The summed E-state index contributed by atoms with van der Waals surface area (Å²) < 4.78 is 14.9. The molecule has 1 heterocycles. The zero-order chi connectivity index (χ0) is 13.1. The Bertz CT molecular complexity index is 628. The fourth-order valence-electron chi connectivity index (χ4n) is 1.59. The van der Waals surface area contributed by atoms with Gasteiger partial charge in [0.15, 0.2) is 5.43 Å². The quantitative estimate of drug-likeness (QED) is 0.898. The smallest absolute Gasteiger partial charge is 0.338 e. The Morgan fingerprint density at radius 1 is 1.22 bits per heavy atom. The molecule has 5 heteroatoms. The number of hydrogen-bond donors (Lipinski definition) is 1. The number of benzene rings is 1. The number of aromatic carboxylic acids is 1. The normalized spacial score (nSPS) is 10.3. The number of halogens is 1. The fraction of sp³-hybridized carbons (Fsp3) is 0.0769. The van der Waals surface area contributed by atoms with Gasteiger partial charge in [0, 0.05) is 31.1 Å². The van der Waals surface area contributed by atoms with E-state index in [1.54, 1.807) is 17.0 Å². The number of hydrogen-bond acceptors (Lipinski definition) is 2. The summed E-state index contributed by atoms with van der Waals surface area (Å²) in [5.74, 6) is -2.06. The molecule has 0 aliphatic rings. The third-order valence-electron chi connectivity index (χ3n) is 2.49. The van der Waals surface area contributed by atoms with E-state index in [9.17, 15) is 14.0 Å². The number of pyridine rings is 1. The molecule has 0 amide bonds. The van der Waals surface area contributed by atoms with Crippen molar-refractivity contribution in [2.24, 2.45) is 0 Å². The number of rotatable bonds is 3. The van der Waals surface area contributed by atoms with Gasteiger partial charge in [-0.05, 0) is 17.7 Å². The van der Waals surface area contributed by atoms with Crippen LogP contribution in [0.15, 0.2) is 47.5 Å². The molecule has 18 heavy (non-hydrogen) atoms. The fourth-order valence-corrected chi connectivity index (χ4v) is 1.59. The van der Waals surface area contributed by atoms with Gasteiger partial charge in [-0.15, -0.1) is 0 Å². The highest BCUT2D eigenvalue weighted by Gasteiger charge is 2.10. The summed E-state index contributed by atoms with van der Waals surface area (Å²) in [6.07, 6.45) is 3.18. The van der Waals surface area contributed by atoms with Gasteiger partial charge in [-0.2, -0.15) is 0 Å². The Morgan fingerprint density at radius 2 is 1.89 bits per heavy atom. The van der Waals surface area contributed by atoms with Crippen molar-refractivity contribution in [2.45, 2.75) is 6.54 Å². The molecule has 0 spiro atoms. The van der Waals surface area contributed by atoms with E-state index in [1.165, 1.54) is 24.3 Å². The molecule has 0 saturated heterocycles. The molecule has 0 atom stereocenters. The Morgan fingerprint density at radius 3 is 2.50 bits per heavy atom. The molecule has 0 aliphatic carbocycles. The highest BCUT2D eigenvalue weighted by molar-refractivity contribution is 5.88. The minimum atomic E-state index is -1.30. The standard InChI is InChI=1S/C13H10FNO3/c14-12-2-1-9(7-11(12)13(17)18)8-15-5-3-10(16)4-6-15/h1-7H,8H2,(H,17,18). The number of carboxylic acid groups (broad SMARTS) is 1. The third-order valence-corrected chi connectivity index (χ3v) is 2.49. The van der Waals surface area contributed by atoms with Gasteiger partial charge in [-0.25, -0.2) is 9.18 Å². The van der Waals surface area contributed by atoms with E-state index in [1.807, 2.05) is 0 Å². The molecular formula is C13H10FNO3. The Labute approximate surface area is 102 Å². The first-order valence-electron chi connectivity index (χ1n) is 5.24. The van der Waals surface area contributed by atoms with Crippen molar-refractivity contribution in [3.63, 3.8) is 0 Å². The minimum Gasteiger partial charge on any atom is -0.478 e. The van der Waals surface area contributed by atoms with Crippen LogP contribution >= 0.6 is 0 Å². The molecule has 0 saturated carbocycles. The summed E-state index contributed by atoms with van der Waals surface area (Å²) >= 11 is 0. The molecule has 2 rings (SSSR count). The molecule has 1 aromatic heterocycles. The summed E-state index contributed by atoms with van der Waals surface area (Å²) in [7, 11) is 0. The van der Waals surface area contributed by atoms with Crippen molar-refractivity contribution in [2.75, 3.05) is 0 Å². The van der Waals surface area contributed by atoms with Gasteiger partial charge in [-0.3, -0.25) is 4.79 Å². The molecule has 2 aromatic rings. The SMILES string of the molecule is O=C(O)c1cc(Cn2ccc(=O)cc2)ccc1F. The Balaban J connectivity index is 2.29. The average molecular weight is 247 g/mol. The van der Waals surface area contributed by atoms with Crippen LogP contribution in [0.4, 0.5) is 4.39 Å². The van der Waals surface area contributed by atoms with E-state index in [0.717, 1.165) is 6.07 Å². The maximum atomic E-state index is 13.2. The third kappa shape index (κ3) is 2.63. The first kappa shape index (κ1) is 12.0. The predicted molar refractivity (Wildman–Crippen MR) is 63.2 cm³/mol. The predicted octanol–water partition coefficient (Wildman–Crippen LogP) is 1.73. The molecule has 4 nitrogen and oxygen atoms in total. The number of aromatic nitrogens is 1. The van der Waals surface area contributed by atoms with Crippen molar-refractivity contribution in [3.05, 3.63) is 69.9 Å². The second-order valence-corrected chi connectivity index (χ2v) is 3.83. The summed E-state index contributed by atoms with van der Waals surface area (Å²) in [5, 5.41) is 8.80. The van der Waals surface area contributed by atoms with Crippen LogP contribution in [-0.4, -0.2) is 15.6 Å². The van der Waals surface area contributed by atoms with Crippen molar-refractivity contribution >= 4 is 5.97 Å². The molecule has 0 radical (unpaired) electrons. The zero-order valence-corrected chi connectivity index (χ0v) is 9.34. The highest BCUT2D eigenvalue weighted by Crippen LogP contribution is 2.11. The van der Waals surface area contributed by atoms with Crippen LogP contribution in [0.3, 0.4) is 0 Å². The van der Waals surface area contributed by atoms with E-state index < -0.39 is 11.8 Å². The van der Waals surface area contributed by atoms with Crippen LogP contribution in [0.5, 0.6) is 0 Å². The van der Waals surface area contributed by atoms with E-state index in [0.29, 0.717) is 12.1 Å². The van der Waals surface area contributed by atoms with Gasteiger partial charge >= 0.3 is 5.97 Å². The summed E-state index contributed by atoms with van der Waals surface area (Å²) in [6, 6.07) is 6.74. The van der Waals surface area contributed by atoms with Gasteiger partial charge in [0.1, 0.15) is 5.82 Å². The molecule has 0 bridgehead atoms. The largest absolute Gasteiger partial charge is 0.478 e. The molecule has 92 valence electrons. The van der Waals surface area contributed by atoms with Crippen LogP contribution in [0.1, 0.15) is 15.9 Å². The lowest BCUT2D eigenvalue weighted by atomic mass is 10.1. The molecule has 0 unspecified atom stereocenters. The molecule has 1 aromatic carbocycles. The number of nitrogens with zero attached hydrogens (tertiary/aromatic N) is 1. The van der Waals surface area contributed by atoms with Crippen molar-refractivity contribution < 1.29 is 14.3 Å². The van der Waals surface area contributed by atoms with Crippen molar-refractivity contribution in [3.8, 4) is 0 Å². The summed E-state index contributed by atoms with van der Waals surface area (Å²) in [4.78, 5) is 21.7. The van der Waals surface area contributed by atoms with Gasteiger partial charge in [0.05, 0.1) is 5.56 Å². The maximum absolute atomic E-state index is 13.2. The average Bonchev–Trinajstić information content (AvgIpc) is 2.34. The van der Waals surface area contributed by atoms with Crippen LogP contribution in [0, 0.1) is 5.82 Å². The van der Waals surface area contributed by atoms with Crippen LogP contribution < -0.4 is 5.43 Å². The topological polar surface area (TPSA) is 59.3 Å². The van der Waals surface area contributed by atoms with Gasteiger partial charge in [0.25, 0.3) is 0 Å². The summed E-state index contributed by atoms with van der Waals surface area (Å²) in [6.45, 7) is 0.376. The second kappa shape index (κ2) is 4.83. The molecule has 0 fully saturated rings. The van der Waals surface area contributed by atoms with E-state index >= 15 is 0 Å². The molecular weight excluding hydrogens is 237 g/mol. The summed E-state index contributed by atoms with van der Waals surface area (Å²) in [5.41, 5.74) is 0.197.